The Morgan fingerprint density at radius 1 is 1.50 bits per heavy atom. The minimum atomic E-state index is -0.679. The molecular formula is C13H15FN2O4. The molecule has 1 aliphatic heterocycles. The average molecular weight is 282 g/mol. The number of nitrogens with zero attached hydrogens (tertiary/aromatic N) is 2. The first kappa shape index (κ1) is 14.4. The Bertz CT molecular complexity index is 549. The Labute approximate surface area is 115 Å². The van der Waals surface area contributed by atoms with Gasteiger partial charge in [0.25, 0.3) is 11.6 Å². The highest BCUT2D eigenvalue weighted by atomic mass is 19.1. The third-order valence-electron chi connectivity index (χ3n) is 3.25. The lowest BCUT2D eigenvalue weighted by atomic mass is 10.1. The first-order chi connectivity index (χ1) is 9.40. The van der Waals surface area contributed by atoms with E-state index in [0.717, 1.165) is 18.2 Å². The lowest BCUT2D eigenvalue weighted by Crippen LogP contribution is -2.50. The minimum absolute atomic E-state index is 0.150. The van der Waals surface area contributed by atoms with E-state index in [0.29, 0.717) is 13.2 Å². The van der Waals surface area contributed by atoms with E-state index in [1.54, 1.807) is 6.92 Å². The first-order valence-electron chi connectivity index (χ1n) is 6.26. The van der Waals surface area contributed by atoms with Gasteiger partial charge in [0.2, 0.25) is 0 Å². The molecule has 2 atom stereocenters. The Hall–Kier alpha value is -2.02. The second-order valence-corrected chi connectivity index (χ2v) is 4.87. The Kier molecular flexibility index (Phi) is 3.99. The van der Waals surface area contributed by atoms with Gasteiger partial charge in [-0.1, -0.05) is 0 Å². The third kappa shape index (κ3) is 2.77. The molecule has 0 aromatic heterocycles. The molecule has 1 aliphatic rings. The summed E-state index contributed by atoms with van der Waals surface area (Å²) in [6, 6.07) is 2.69. The molecule has 2 unspecified atom stereocenters. The number of halogens is 1. The summed E-state index contributed by atoms with van der Waals surface area (Å²) in [7, 11) is 0. The standard InChI is InChI=1S/C13H15FN2O4/c1-8-7-20-9(2)6-15(8)13(17)11-5-10(14)3-4-12(11)16(18)19/h3-5,8-9H,6-7H2,1-2H3. The van der Waals surface area contributed by atoms with Crippen molar-refractivity contribution in [2.24, 2.45) is 0 Å². The zero-order chi connectivity index (χ0) is 14.9. The van der Waals surface area contributed by atoms with Crippen LogP contribution in [-0.4, -0.2) is 41.0 Å². The van der Waals surface area contributed by atoms with E-state index in [-0.39, 0.29) is 23.4 Å². The van der Waals surface area contributed by atoms with Gasteiger partial charge in [-0.05, 0) is 26.0 Å². The molecule has 0 aliphatic carbocycles. The van der Waals surface area contributed by atoms with E-state index in [2.05, 4.69) is 0 Å². The second-order valence-electron chi connectivity index (χ2n) is 4.87. The number of hydrogen-bond donors (Lipinski definition) is 0. The lowest BCUT2D eigenvalue weighted by Gasteiger charge is -2.36. The maximum atomic E-state index is 13.3. The molecule has 1 aromatic carbocycles. The van der Waals surface area contributed by atoms with Crippen molar-refractivity contribution in [3.8, 4) is 0 Å². The van der Waals surface area contributed by atoms with Crippen LogP contribution in [0.15, 0.2) is 18.2 Å². The SMILES string of the molecule is CC1CN(C(=O)c2cc(F)ccc2[N+](=O)[O-])C(C)CO1. The van der Waals surface area contributed by atoms with Crippen molar-refractivity contribution in [2.75, 3.05) is 13.2 Å². The molecule has 0 saturated carbocycles. The molecular weight excluding hydrogens is 267 g/mol. The number of hydrogen-bond acceptors (Lipinski definition) is 4. The minimum Gasteiger partial charge on any atom is -0.375 e. The van der Waals surface area contributed by atoms with Crippen LogP contribution in [0.1, 0.15) is 24.2 Å². The Morgan fingerprint density at radius 2 is 2.20 bits per heavy atom. The molecule has 6 nitrogen and oxygen atoms in total. The number of benzene rings is 1. The van der Waals surface area contributed by atoms with E-state index in [1.807, 2.05) is 6.92 Å². The molecule has 1 saturated heterocycles. The fraction of sp³-hybridized carbons (Fsp3) is 0.462. The summed E-state index contributed by atoms with van der Waals surface area (Å²) in [5.41, 5.74) is -0.612. The molecule has 108 valence electrons. The predicted octanol–water partition coefficient (Wildman–Crippen LogP) is 1.98. The second kappa shape index (κ2) is 5.54. The highest BCUT2D eigenvalue weighted by Gasteiger charge is 2.32. The number of carbonyl (C=O) groups excluding carboxylic acids is 1. The highest BCUT2D eigenvalue weighted by molar-refractivity contribution is 5.98. The molecule has 7 heteroatoms. The van der Waals surface area contributed by atoms with Gasteiger partial charge in [-0.25, -0.2) is 4.39 Å². The van der Waals surface area contributed by atoms with Gasteiger partial charge in [0.05, 0.1) is 23.7 Å². The number of amides is 1. The van der Waals surface area contributed by atoms with Crippen molar-refractivity contribution in [1.82, 2.24) is 4.90 Å². The third-order valence-corrected chi connectivity index (χ3v) is 3.25. The van der Waals surface area contributed by atoms with Crippen LogP contribution in [-0.2, 0) is 4.74 Å². The normalized spacial score (nSPS) is 22.6. The summed E-state index contributed by atoms with van der Waals surface area (Å²) in [5, 5.41) is 11.0. The fourth-order valence-electron chi connectivity index (χ4n) is 2.18. The molecule has 0 spiro atoms. The van der Waals surface area contributed by atoms with Crippen LogP contribution in [0.5, 0.6) is 0 Å². The van der Waals surface area contributed by atoms with Crippen LogP contribution in [0, 0.1) is 15.9 Å². The van der Waals surface area contributed by atoms with Gasteiger partial charge in [-0.3, -0.25) is 14.9 Å². The smallest absolute Gasteiger partial charge is 0.282 e. The van der Waals surface area contributed by atoms with Crippen molar-refractivity contribution >= 4 is 11.6 Å². The van der Waals surface area contributed by atoms with Crippen LogP contribution >= 0.6 is 0 Å². The van der Waals surface area contributed by atoms with Gasteiger partial charge < -0.3 is 9.64 Å². The largest absolute Gasteiger partial charge is 0.375 e. The van der Waals surface area contributed by atoms with Gasteiger partial charge in [-0.15, -0.1) is 0 Å². The molecule has 0 bridgehead atoms. The van der Waals surface area contributed by atoms with Crippen LogP contribution in [0.4, 0.5) is 10.1 Å². The lowest BCUT2D eigenvalue weighted by molar-refractivity contribution is -0.385. The summed E-state index contributed by atoms with van der Waals surface area (Å²) in [5.74, 6) is -1.22. The van der Waals surface area contributed by atoms with Crippen molar-refractivity contribution in [2.45, 2.75) is 26.0 Å². The topological polar surface area (TPSA) is 72.7 Å². The number of rotatable bonds is 2. The molecule has 2 rings (SSSR count). The first-order valence-corrected chi connectivity index (χ1v) is 6.26. The monoisotopic (exact) mass is 282 g/mol. The van der Waals surface area contributed by atoms with Crippen LogP contribution in [0.3, 0.4) is 0 Å². The maximum Gasteiger partial charge on any atom is 0.282 e. The highest BCUT2D eigenvalue weighted by Crippen LogP contribution is 2.23. The zero-order valence-corrected chi connectivity index (χ0v) is 11.2. The van der Waals surface area contributed by atoms with Crippen LogP contribution < -0.4 is 0 Å². The van der Waals surface area contributed by atoms with E-state index in [1.165, 1.54) is 4.90 Å². The predicted molar refractivity (Wildman–Crippen MR) is 69.0 cm³/mol. The number of morpholine rings is 1. The maximum absolute atomic E-state index is 13.3. The van der Waals surface area contributed by atoms with Crippen LogP contribution in [0.25, 0.3) is 0 Å². The summed E-state index contributed by atoms with van der Waals surface area (Å²) in [6.07, 6.45) is -0.150. The van der Waals surface area contributed by atoms with E-state index >= 15 is 0 Å². The molecule has 0 radical (unpaired) electrons. The molecule has 1 heterocycles. The summed E-state index contributed by atoms with van der Waals surface area (Å²) in [4.78, 5) is 24.2. The number of ether oxygens (including phenoxy) is 1. The quantitative estimate of drug-likeness (QED) is 0.614. The summed E-state index contributed by atoms with van der Waals surface area (Å²) >= 11 is 0. The van der Waals surface area contributed by atoms with Gasteiger partial charge in [0, 0.05) is 12.6 Å². The van der Waals surface area contributed by atoms with E-state index in [4.69, 9.17) is 4.74 Å². The molecule has 1 amide bonds. The van der Waals surface area contributed by atoms with Crippen molar-refractivity contribution in [3.63, 3.8) is 0 Å². The zero-order valence-electron chi connectivity index (χ0n) is 11.2. The van der Waals surface area contributed by atoms with Crippen molar-refractivity contribution in [3.05, 3.63) is 39.7 Å². The molecule has 20 heavy (non-hydrogen) atoms. The number of nitro benzene ring substituents is 1. The fourth-order valence-corrected chi connectivity index (χ4v) is 2.18. The summed E-state index contributed by atoms with van der Waals surface area (Å²) in [6.45, 7) is 4.28. The van der Waals surface area contributed by atoms with Crippen molar-refractivity contribution in [1.29, 1.82) is 0 Å². The molecule has 1 aromatic rings. The Balaban J connectivity index is 2.37. The van der Waals surface area contributed by atoms with E-state index in [9.17, 15) is 19.3 Å². The van der Waals surface area contributed by atoms with Gasteiger partial charge in [0.1, 0.15) is 11.4 Å². The van der Waals surface area contributed by atoms with Crippen LogP contribution in [0.2, 0.25) is 0 Å². The molecule has 0 N–H and O–H groups in total. The molecule has 1 fully saturated rings. The Morgan fingerprint density at radius 3 is 2.85 bits per heavy atom. The average Bonchev–Trinajstić information content (AvgIpc) is 2.40. The van der Waals surface area contributed by atoms with Gasteiger partial charge >= 0.3 is 0 Å². The number of carbonyl (C=O) groups is 1. The van der Waals surface area contributed by atoms with Gasteiger partial charge in [-0.2, -0.15) is 0 Å². The van der Waals surface area contributed by atoms with Crippen molar-refractivity contribution < 1.29 is 18.8 Å². The van der Waals surface area contributed by atoms with E-state index < -0.39 is 16.6 Å². The number of nitro groups is 1. The van der Waals surface area contributed by atoms with Gasteiger partial charge in [0.15, 0.2) is 0 Å². The summed E-state index contributed by atoms with van der Waals surface area (Å²) < 4.78 is 18.7.